The predicted molar refractivity (Wildman–Crippen MR) is 143 cm³/mol. The third kappa shape index (κ3) is 7.20. The summed E-state index contributed by atoms with van der Waals surface area (Å²) in [5.74, 6) is 1.37. The Balaban J connectivity index is 1.68. The number of carbonyl (C=O) groups excluding carboxylic acids is 1. The maximum Gasteiger partial charge on any atom is 0.271 e. The predicted octanol–water partition coefficient (Wildman–Crippen LogP) is 6.80. The Morgan fingerprint density at radius 2 is 1.69 bits per heavy atom. The highest BCUT2D eigenvalue weighted by atomic mass is 35.5. The van der Waals surface area contributed by atoms with E-state index in [1.807, 2.05) is 6.92 Å². The van der Waals surface area contributed by atoms with E-state index >= 15 is 0 Å². The molecule has 7 nitrogen and oxygen atoms in total. The van der Waals surface area contributed by atoms with E-state index < -0.39 is 5.91 Å². The lowest BCUT2D eigenvalue weighted by molar-refractivity contribution is 0.0954. The number of ether oxygens (including phenoxy) is 4. The largest absolute Gasteiger partial charge is 0.493 e. The van der Waals surface area contributed by atoms with E-state index in [1.54, 1.807) is 48.5 Å². The number of rotatable bonds is 11. The van der Waals surface area contributed by atoms with Gasteiger partial charge in [-0.3, -0.25) is 4.79 Å². The maximum atomic E-state index is 12.5. The number of benzene rings is 3. The molecular weight excluding hydrogens is 527 g/mol. The van der Waals surface area contributed by atoms with Crippen LogP contribution in [0.3, 0.4) is 0 Å². The van der Waals surface area contributed by atoms with Gasteiger partial charge in [-0.1, -0.05) is 47.8 Å². The van der Waals surface area contributed by atoms with Crippen molar-refractivity contribution < 1.29 is 23.7 Å². The number of carbonyl (C=O) groups is 1. The summed E-state index contributed by atoms with van der Waals surface area (Å²) in [5, 5.41) is 5.35. The first-order chi connectivity index (χ1) is 17.4. The molecule has 36 heavy (non-hydrogen) atoms. The average Bonchev–Trinajstić information content (AvgIpc) is 2.87. The van der Waals surface area contributed by atoms with Crippen LogP contribution in [0.2, 0.25) is 15.1 Å². The second-order valence-electron chi connectivity index (χ2n) is 7.47. The van der Waals surface area contributed by atoms with E-state index in [1.165, 1.54) is 20.4 Å². The van der Waals surface area contributed by atoms with Gasteiger partial charge in [-0.25, -0.2) is 5.43 Å². The van der Waals surface area contributed by atoms with E-state index in [0.29, 0.717) is 55.8 Å². The van der Waals surface area contributed by atoms with Crippen molar-refractivity contribution in [3.05, 3.63) is 80.3 Å². The number of nitrogens with zero attached hydrogens (tertiary/aromatic N) is 1. The molecule has 0 aromatic heterocycles. The van der Waals surface area contributed by atoms with E-state index in [-0.39, 0.29) is 6.61 Å². The second kappa shape index (κ2) is 13.3. The van der Waals surface area contributed by atoms with E-state index in [0.717, 1.165) is 12.0 Å². The summed E-state index contributed by atoms with van der Waals surface area (Å²) in [6.07, 6.45) is 2.31. The van der Waals surface area contributed by atoms with E-state index in [4.69, 9.17) is 53.8 Å². The molecule has 0 saturated carbocycles. The third-order valence-corrected chi connectivity index (χ3v) is 5.77. The van der Waals surface area contributed by atoms with Crippen LogP contribution in [0.15, 0.2) is 53.6 Å². The minimum atomic E-state index is -0.413. The highest BCUT2D eigenvalue weighted by Crippen LogP contribution is 2.37. The third-order valence-electron chi connectivity index (χ3n) is 4.91. The topological polar surface area (TPSA) is 78.4 Å². The highest BCUT2D eigenvalue weighted by molar-refractivity contribution is 6.35. The first-order valence-electron chi connectivity index (χ1n) is 10.9. The molecule has 0 fully saturated rings. The van der Waals surface area contributed by atoms with Crippen LogP contribution in [0.25, 0.3) is 0 Å². The van der Waals surface area contributed by atoms with Crippen LogP contribution < -0.4 is 24.4 Å². The van der Waals surface area contributed by atoms with Crippen LogP contribution in [0.1, 0.15) is 34.8 Å². The molecule has 0 heterocycles. The van der Waals surface area contributed by atoms with E-state index in [2.05, 4.69) is 10.5 Å². The number of hydrogen-bond donors (Lipinski definition) is 1. The van der Waals surface area contributed by atoms with Crippen molar-refractivity contribution in [2.24, 2.45) is 5.10 Å². The zero-order valence-corrected chi connectivity index (χ0v) is 22.2. The molecule has 0 saturated heterocycles. The molecule has 1 amide bonds. The van der Waals surface area contributed by atoms with Crippen molar-refractivity contribution >= 4 is 46.9 Å². The Morgan fingerprint density at radius 1 is 0.917 bits per heavy atom. The molecule has 3 aromatic rings. The van der Waals surface area contributed by atoms with Gasteiger partial charge in [-0.15, -0.1) is 0 Å². The van der Waals surface area contributed by atoms with Crippen molar-refractivity contribution in [1.29, 1.82) is 0 Å². The van der Waals surface area contributed by atoms with Crippen LogP contribution in [-0.4, -0.2) is 32.9 Å². The Morgan fingerprint density at radius 3 is 2.39 bits per heavy atom. The number of methoxy groups -OCH3 is 2. The molecule has 0 atom stereocenters. The highest BCUT2D eigenvalue weighted by Gasteiger charge is 2.14. The number of amides is 1. The van der Waals surface area contributed by atoms with Gasteiger partial charge in [-0.05, 0) is 54.4 Å². The average molecular weight is 552 g/mol. The van der Waals surface area contributed by atoms with Gasteiger partial charge in [0.2, 0.25) is 0 Å². The van der Waals surface area contributed by atoms with Gasteiger partial charge in [0.05, 0.1) is 32.1 Å². The Hall–Kier alpha value is -3.13. The number of hydrazone groups is 1. The van der Waals surface area contributed by atoms with Crippen LogP contribution in [-0.2, 0) is 6.61 Å². The van der Waals surface area contributed by atoms with Crippen molar-refractivity contribution in [2.45, 2.75) is 20.0 Å². The molecular formula is C26H25Cl3N2O5. The first kappa shape index (κ1) is 27.5. The minimum Gasteiger partial charge on any atom is -0.493 e. The Bertz CT molecular complexity index is 1250. The summed E-state index contributed by atoms with van der Waals surface area (Å²) in [6.45, 7) is 2.73. The molecule has 1 N–H and O–H groups in total. The van der Waals surface area contributed by atoms with Crippen molar-refractivity contribution in [1.82, 2.24) is 5.43 Å². The molecule has 10 heteroatoms. The molecule has 0 aliphatic rings. The van der Waals surface area contributed by atoms with E-state index in [9.17, 15) is 4.79 Å². The van der Waals surface area contributed by atoms with Gasteiger partial charge in [0, 0.05) is 21.2 Å². The molecule has 0 aliphatic heterocycles. The fraction of sp³-hybridized carbons (Fsp3) is 0.231. The lowest BCUT2D eigenvalue weighted by Gasteiger charge is -2.14. The molecule has 3 rings (SSSR count). The second-order valence-corrected chi connectivity index (χ2v) is 8.72. The summed E-state index contributed by atoms with van der Waals surface area (Å²) in [5.41, 5.74) is 4.19. The lowest BCUT2D eigenvalue weighted by Crippen LogP contribution is -2.17. The van der Waals surface area contributed by atoms with Gasteiger partial charge in [-0.2, -0.15) is 5.10 Å². The Labute approximate surface area is 224 Å². The fourth-order valence-electron chi connectivity index (χ4n) is 3.11. The summed E-state index contributed by atoms with van der Waals surface area (Å²) in [7, 11) is 3.01. The van der Waals surface area contributed by atoms with Gasteiger partial charge >= 0.3 is 0 Å². The lowest BCUT2D eigenvalue weighted by atomic mass is 10.2. The number of hydrogen-bond acceptors (Lipinski definition) is 6. The smallest absolute Gasteiger partial charge is 0.271 e. The quantitative estimate of drug-likeness (QED) is 0.210. The van der Waals surface area contributed by atoms with Gasteiger partial charge in [0.15, 0.2) is 23.0 Å². The van der Waals surface area contributed by atoms with Crippen LogP contribution >= 0.6 is 34.8 Å². The van der Waals surface area contributed by atoms with Gasteiger partial charge in [0.1, 0.15) is 6.61 Å². The summed E-state index contributed by atoms with van der Waals surface area (Å²) >= 11 is 18.6. The van der Waals surface area contributed by atoms with Gasteiger partial charge < -0.3 is 18.9 Å². The molecule has 0 unspecified atom stereocenters. The number of halogens is 3. The summed E-state index contributed by atoms with van der Waals surface area (Å²) in [4.78, 5) is 12.5. The van der Waals surface area contributed by atoms with Crippen LogP contribution in [0, 0.1) is 0 Å². The Kier molecular flexibility index (Phi) is 10.1. The standard InChI is InChI=1S/C26H25Cl3N2O5/c1-4-9-35-22-8-6-17(12-23(22)33-2)26(32)31-30-14-16-10-21(29)25(24(11-16)34-3)36-15-18-5-7-19(27)13-20(18)28/h5-8,10-14H,4,9,15H2,1-3H3,(H,31,32)/b30-14+. The van der Waals surface area contributed by atoms with Crippen molar-refractivity contribution in [2.75, 3.05) is 20.8 Å². The zero-order chi connectivity index (χ0) is 26.1. The monoisotopic (exact) mass is 550 g/mol. The summed E-state index contributed by atoms with van der Waals surface area (Å²) in [6, 6.07) is 13.4. The molecule has 0 aliphatic carbocycles. The summed E-state index contributed by atoms with van der Waals surface area (Å²) < 4.78 is 22.2. The van der Waals surface area contributed by atoms with Crippen molar-refractivity contribution in [3.8, 4) is 23.0 Å². The van der Waals surface area contributed by atoms with Crippen LogP contribution in [0.4, 0.5) is 0 Å². The zero-order valence-electron chi connectivity index (χ0n) is 19.9. The SMILES string of the molecule is CCCOc1ccc(C(=O)N/N=C/c2cc(Cl)c(OCc3ccc(Cl)cc3Cl)c(OC)c2)cc1OC. The normalized spacial score (nSPS) is 10.8. The minimum absolute atomic E-state index is 0.168. The first-order valence-corrected chi connectivity index (χ1v) is 12.1. The molecule has 0 radical (unpaired) electrons. The van der Waals surface area contributed by atoms with Crippen LogP contribution in [0.5, 0.6) is 23.0 Å². The maximum absolute atomic E-state index is 12.5. The van der Waals surface area contributed by atoms with Gasteiger partial charge in [0.25, 0.3) is 5.91 Å². The van der Waals surface area contributed by atoms with Crippen molar-refractivity contribution in [3.63, 3.8) is 0 Å². The molecule has 190 valence electrons. The molecule has 3 aromatic carbocycles. The number of nitrogens with one attached hydrogen (secondary N) is 1. The molecule has 0 spiro atoms. The molecule has 0 bridgehead atoms. The fourth-order valence-corrected chi connectivity index (χ4v) is 3.85.